The number of hydrogen-bond acceptors (Lipinski definition) is 7. The fourth-order valence-corrected chi connectivity index (χ4v) is 4.14. The Balaban J connectivity index is 1.69. The van der Waals surface area contributed by atoms with E-state index in [1.165, 1.54) is 7.11 Å². The largest absolute Gasteiger partial charge is 0.472 e. The summed E-state index contributed by atoms with van der Waals surface area (Å²) in [5.74, 6) is -0.883. The molecule has 2 heterocycles. The summed E-state index contributed by atoms with van der Waals surface area (Å²) in [6, 6.07) is 9.08. The molecule has 0 radical (unpaired) electrons. The second kappa shape index (κ2) is 7.66. The lowest BCUT2D eigenvalue weighted by molar-refractivity contribution is -0.260. The van der Waals surface area contributed by atoms with Crippen molar-refractivity contribution in [3.05, 3.63) is 35.9 Å². The molecule has 0 amide bonds. The van der Waals surface area contributed by atoms with Crippen molar-refractivity contribution in [3.63, 3.8) is 0 Å². The highest BCUT2D eigenvalue weighted by atomic mass is 31.2. The van der Waals surface area contributed by atoms with Crippen LogP contribution in [-0.2, 0) is 39.2 Å². The number of fused-ring (bicyclic) bond motifs is 1. The topological polar surface area (TPSA) is 92.7 Å². The molecule has 0 aliphatic carbocycles. The molecule has 2 aliphatic heterocycles. The van der Waals surface area contributed by atoms with Crippen molar-refractivity contribution in [3.8, 4) is 0 Å². The summed E-state index contributed by atoms with van der Waals surface area (Å²) in [6.07, 6.45) is -3.26. The van der Waals surface area contributed by atoms with Gasteiger partial charge in [0.1, 0.15) is 18.3 Å². The highest BCUT2D eigenvalue weighted by Gasteiger charge is 2.56. The van der Waals surface area contributed by atoms with Crippen LogP contribution in [0.3, 0.4) is 0 Å². The zero-order chi connectivity index (χ0) is 18.9. The van der Waals surface area contributed by atoms with E-state index in [1.807, 2.05) is 18.2 Å². The van der Waals surface area contributed by atoms with Crippen molar-refractivity contribution < 1.29 is 37.5 Å². The predicted octanol–water partition coefficient (Wildman–Crippen LogP) is 2.60. The first kappa shape index (κ1) is 19.9. The van der Waals surface area contributed by atoms with Gasteiger partial charge < -0.3 is 23.8 Å². The quantitative estimate of drug-likeness (QED) is 0.744. The minimum absolute atomic E-state index is 0.0474. The van der Waals surface area contributed by atoms with Crippen molar-refractivity contribution in [2.75, 3.05) is 7.11 Å². The van der Waals surface area contributed by atoms with Crippen LogP contribution in [0.5, 0.6) is 0 Å². The van der Waals surface area contributed by atoms with E-state index < -0.39 is 44.3 Å². The molecule has 0 saturated carbocycles. The Morgan fingerprint density at radius 2 is 1.85 bits per heavy atom. The molecule has 1 aromatic carbocycles. The Kier molecular flexibility index (Phi) is 5.86. The molecular weight excluding hydrogens is 363 g/mol. The van der Waals surface area contributed by atoms with Gasteiger partial charge in [-0.1, -0.05) is 30.3 Å². The van der Waals surface area contributed by atoms with E-state index >= 15 is 0 Å². The van der Waals surface area contributed by atoms with Gasteiger partial charge in [0.15, 0.2) is 12.1 Å². The predicted molar refractivity (Wildman–Crippen MR) is 91.1 cm³/mol. The van der Waals surface area contributed by atoms with Crippen molar-refractivity contribution >= 4 is 7.82 Å². The fraction of sp³-hybridized carbons (Fsp3) is 0.647. The van der Waals surface area contributed by atoms with Gasteiger partial charge in [0, 0.05) is 7.11 Å². The number of phosphoric ester groups is 1. The molecule has 6 atom stereocenters. The Labute approximate surface area is 152 Å². The van der Waals surface area contributed by atoms with Crippen molar-refractivity contribution in [2.24, 2.45) is 0 Å². The zero-order valence-corrected chi connectivity index (χ0v) is 16.1. The minimum atomic E-state index is -4.34. The lowest BCUT2D eigenvalue weighted by atomic mass is 10.0. The van der Waals surface area contributed by atoms with E-state index in [0.29, 0.717) is 0 Å². The molecule has 2 aliphatic rings. The zero-order valence-electron chi connectivity index (χ0n) is 15.2. The summed E-state index contributed by atoms with van der Waals surface area (Å²) in [7, 11) is -2.84. The molecule has 0 spiro atoms. The summed E-state index contributed by atoms with van der Waals surface area (Å²) in [6.45, 7) is 5.18. The number of ether oxygens (including phenoxy) is 4. The van der Waals surface area contributed by atoms with E-state index in [-0.39, 0.29) is 6.61 Å². The maximum Gasteiger partial charge on any atom is 0.472 e. The third kappa shape index (κ3) is 4.52. The number of hydrogen-bond donors (Lipinski definition) is 1. The molecule has 0 aromatic heterocycles. The molecule has 1 unspecified atom stereocenters. The van der Waals surface area contributed by atoms with Crippen LogP contribution in [-0.4, -0.2) is 48.5 Å². The van der Waals surface area contributed by atoms with Gasteiger partial charge in [-0.05, 0) is 26.3 Å². The van der Waals surface area contributed by atoms with E-state index in [9.17, 15) is 9.46 Å². The third-order valence-corrected chi connectivity index (χ3v) is 5.26. The summed E-state index contributed by atoms with van der Waals surface area (Å²) in [4.78, 5) is 10.1. The van der Waals surface area contributed by atoms with Crippen LogP contribution in [0.1, 0.15) is 26.3 Å². The van der Waals surface area contributed by atoms with Crippen LogP contribution in [0.25, 0.3) is 0 Å². The standard InChI is InChI=1S/C17H25O8P/c1-11-13(14-15(16(20-4)22-11)24-17(2,3)23-14)25-26(18,19)21-10-12-8-6-5-7-9-12/h5-9,11,13-16H,10H2,1-4H3,(H,18,19)/t11-,13-,14+,15+,16+/m0/s1. The molecule has 9 heteroatoms. The highest BCUT2D eigenvalue weighted by Crippen LogP contribution is 2.50. The van der Waals surface area contributed by atoms with E-state index in [0.717, 1.165) is 5.56 Å². The number of methoxy groups -OCH3 is 1. The average molecular weight is 388 g/mol. The van der Waals surface area contributed by atoms with Gasteiger partial charge in [-0.3, -0.25) is 9.05 Å². The van der Waals surface area contributed by atoms with Gasteiger partial charge in [-0.25, -0.2) is 4.57 Å². The highest BCUT2D eigenvalue weighted by molar-refractivity contribution is 7.47. The van der Waals surface area contributed by atoms with Gasteiger partial charge in [0.25, 0.3) is 0 Å². The molecule has 1 N–H and O–H groups in total. The van der Waals surface area contributed by atoms with Crippen LogP contribution in [0.2, 0.25) is 0 Å². The summed E-state index contributed by atoms with van der Waals surface area (Å²) in [5, 5.41) is 0. The molecule has 2 saturated heterocycles. The Hall–Kier alpha value is -0.830. The normalized spacial score (nSPS) is 35.7. The fourth-order valence-electron chi connectivity index (χ4n) is 3.17. The average Bonchev–Trinajstić information content (AvgIpc) is 2.92. The number of benzene rings is 1. The molecular formula is C17H25O8P. The maximum absolute atomic E-state index is 12.4. The minimum Gasteiger partial charge on any atom is -0.353 e. The van der Waals surface area contributed by atoms with Crippen LogP contribution >= 0.6 is 7.82 Å². The maximum atomic E-state index is 12.4. The number of phosphoric acid groups is 1. The lowest BCUT2D eigenvalue weighted by Gasteiger charge is -2.40. The lowest BCUT2D eigenvalue weighted by Crippen LogP contribution is -2.56. The molecule has 1 aromatic rings. The summed E-state index contributed by atoms with van der Waals surface area (Å²) < 4.78 is 45.7. The van der Waals surface area contributed by atoms with Gasteiger partial charge in [-0.2, -0.15) is 0 Å². The molecule has 3 rings (SSSR count). The monoisotopic (exact) mass is 388 g/mol. The van der Waals surface area contributed by atoms with Crippen LogP contribution in [0.4, 0.5) is 0 Å². The first-order chi connectivity index (χ1) is 12.2. The second-order valence-corrected chi connectivity index (χ2v) is 8.21. The molecule has 0 bridgehead atoms. The number of rotatable bonds is 6. The van der Waals surface area contributed by atoms with Gasteiger partial charge in [-0.15, -0.1) is 0 Å². The Morgan fingerprint density at radius 3 is 2.50 bits per heavy atom. The van der Waals surface area contributed by atoms with Crippen molar-refractivity contribution in [2.45, 2.75) is 63.9 Å². The van der Waals surface area contributed by atoms with Gasteiger partial charge in [0.05, 0.1) is 12.7 Å². The molecule has 146 valence electrons. The first-order valence-corrected chi connectivity index (χ1v) is 9.94. The molecule has 26 heavy (non-hydrogen) atoms. The Morgan fingerprint density at radius 1 is 1.19 bits per heavy atom. The van der Waals surface area contributed by atoms with E-state index in [4.69, 9.17) is 28.0 Å². The molecule has 8 nitrogen and oxygen atoms in total. The second-order valence-electron chi connectivity index (χ2n) is 6.81. The first-order valence-electron chi connectivity index (χ1n) is 8.44. The van der Waals surface area contributed by atoms with Crippen LogP contribution < -0.4 is 0 Å². The third-order valence-electron chi connectivity index (χ3n) is 4.29. The van der Waals surface area contributed by atoms with E-state index in [1.54, 1.807) is 32.9 Å². The van der Waals surface area contributed by atoms with Crippen molar-refractivity contribution in [1.82, 2.24) is 0 Å². The SMILES string of the molecule is CO[C@@H]1O[C@@H](C)[C@H](OP(=O)(O)OCc2ccccc2)[C@H]2OC(C)(C)O[C@@H]12. The van der Waals surface area contributed by atoms with Gasteiger partial charge >= 0.3 is 7.82 Å². The summed E-state index contributed by atoms with van der Waals surface area (Å²) >= 11 is 0. The molecule has 2 fully saturated rings. The van der Waals surface area contributed by atoms with E-state index in [2.05, 4.69) is 0 Å². The van der Waals surface area contributed by atoms with Crippen molar-refractivity contribution in [1.29, 1.82) is 0 Å². The van der Waals surface area contributed by atoms with Gasteiger partial charge in [0.2, 0.25) is 0 Å². The Bertz CT molecular complexity index is 651. The van der Waals surface area contributed by atoms with Crippen LogP contribution in [0.15, 0.2) is 30.3 Å². The smallest absolute Gasteiger partial charge is 0.353 e. The van der Waals surface area contributed by atoms with Crippen LogP contribution in [0, 0.1) is 0 Å². The summed E-state index contributed by atoms with van der Waals surface area (Å²) in [5.41, 5.74) is 0.761.